The zero-order valence-corrected chi connectivity index (χ0v) is 14.1. The average Bonchev–Trinajstić information content (AvgIpc) is 2.43. The summed E-state index contributed by atoms with van der Waals surface area (Å²) in [5.74, 6) is -0.221. The smallest absolute Gasteiger partial charge is 0.257 e. The Balaban J connectivity index is 1.99. The summed E-state index contributed by atoms with van der Waals surface area (Å²) in [5.41, 5.74) is 3.62. The van der Waals surface area contributed by atoms with Crippen LogP contribution in [0.5, 0.6) is 0 Å². The van der Waals surface area contributed by atoms with Crippen molar-refractivity contribution in [1.82, 2.24) is 5.32 Å². The predicted octanol–water partition coefficient (Wildman–Crippen LogP) is 4.19. The van der Waals surface area contributed by atoms with Crippen LogP contribution in [0.3, 0.4) is 0 Å². The van der Waals surface area contributed by atoms with Crippen LogP contribution in [0, 0.1) is 13.8 Å². The summed E-state index contributed by atoms with van der Waals surface area (Å²) in [7, 11) is 0. The number of anilines is 1. The Morgan fingerprint density at radius 3 is 2.38 bits per heavy atom. The number of thiocarbonyl (C=S) groups is 1. The maximum absolute atomic E-state index is 12.0. The maximum atomic E-state index is 12.0. The number of halogens is 1. The molecule has 3 nitrogen and oxygen atoms in total. The Morgan fingerprint density at radius 2 is 1.76 bits per heavy atom. The molecule has 1 amide bonds. The maximum Gasteiger partial charge on any atom is 0.257 e. The van der Waals surface area contributed by atoms with Gasteiger partial charge in [-0.2, -0.15) is 0 Å². The van der Waals surface area contributed by atoms with Crippen LogP contribution >= 0.6 is 28.1 Å². The SMILES string of the molecule is Cc1ccc(C(=O)NC(=S)Nc2ccc(Br)c(C)c2)cc1. The molecule has 0 radical (unpaired) electrons. The van der Waals surface area contributed by atoms with Crippen molar-refractivity contribution in [2.45, 2.75) is 13.8 Å². The second-order valence-electron chi connectivity index (χ2n) is 4.74. The van der Waals surface area contributed by atoms with Gasteiger partial charge in [0.15, 0.2) is 5.11 Å². The quantitative estimate of drug-likeness (QED) is 0.786. The second-order valence-corrected chi connectivity index (χ2v) is 6.00. The number of benzene rings is 2. The predicted molar refractivity (Wildman–Crippen MR) is 93.7 cm³/mol. The van der Waals surface area contributed by atoms with E-state index >= 15 is 0 Å². The Morgan fingerprint density at radius 1 is 1.10 bits per heavy atom. The van der Waals surface area contributed by atoms with Crippen molar-refractivity contribution in [3.63, 3.8) is 0 Å². The minimum absolute atomic E-state index is 0.221. The molecule has 0 aliphatic carbocycles. The molecular weight excluding hydrogens is 348 g/mol. The third-order valence-corrected chi connectivity index (χ3v) is 4.05. The summed E-state index contributed by atoms with van der Waals surface area (Å²) < 4.78 is 1.03. The van der Waals surface area contributed by atoms with Crippen LogP contribution in [-0.2, 0) is 0 Å². The van der Waals surface area contributed by atoms with Gasteiger partial charge >= 0.3 is 0 Å². The average molecular weight is 363 g/mol. The number of carbonyl (C=O) groups is 1. The van der Waals surface area contributed by atoms with E-state index in [1.54, 1.807) is 12.1 Å². The van der Waals surface area contributed by atoms with E-state index in [0.29, 0.717) is 5.56 Å². The molecule has 0 heterocycles. The molecule has 0 saturated carbocycles. The van der Waals surface area contributed by atoms with E-state index in [9.17, 15) is 4.79 Å². The lowest BCUT2D eigenvalue weighted by atomic mass is 10.1. The number of aryl methyl sites for hydroxylation is 2. The third kappa shape index (κ3) is 4.37. The first-order valence-electron chi connectivity index (χ1n) is 6.41. The van der Waals surface area contributed by atoms with Crippen molar-refractivity contribution in [3.8, 4) is 0 Å². The Bertz CT molecular complexity index is 683. The van der Waals surface area contributed by atoms with Crippen molar-refractivity contribution >= 4 is 44.9 Å². The fourth-order valence-electron chi connectivity index (χ4n) is 1.77. The third-order valence-electron chi connectivity index (χ3n) is 2.96. The highest BCUT2D eigenvalue weighted by atomic mass is 79.9. The molecule has 0 aliphatic rings. The minimum atomic E-state index is -0.221. The van der Waals surface area contributed by atoms with E-state index in [1.165, 1.54) is 0 Å². The fourth-order valence-corrected chi connectivity index (χ4v) is 2.22. The van der Waals surface area contributed by atoms with Gasteiger partial charge in [-0.15, -0.1) is 0 Å². The van der Waals surface area contributed by atoms with Gasteiger partial charge in [-0.1, -0.05) is 33.6 Å². The molecule has 0 fully saturated rings. The summed E-state index contributed by atoms with van der Waals surface area (Å²) in [6.45, 7) is 3.97. The fraction of sp³-hybridized carbons (Fsp3) is 0.125. The van der Waals surface area contributed by atoms with Crippen molar-refractivity contribution in [2.24, 2.45) is 0 Å². The molecule has 0 aliphatic heterocycles. The van der Waals surface area contributed by atoms with Crippen LogP contribution in [0.4, 0.5) is 5.69 Å². The first kappa shape index (κ1) is 15.7. The number of nitrogens with one attached hydrogen (secondary N) is 2. The van der Waals surface area contributed by atoms with Gasteiger partial charge in [-0.05, 0) is 62.0 Å². The standard InChI is InChI=1S/C16H15BrN2OS/c1-10-3-5-12(6-4-10)15(20)19-16(21)18-13-7-8-14(17)11(2)9-13/h3-9H,1-2H3,(H2,18,19,20,21). The number of hydrogen-bond donors (Lipinski definition) is 2. The van der Waals surface area contributed by atoms with Crippen LogP contribution in [-0.4, -0.2) is 11.0 Å². The lowest BCUT2D eigenvalue weighted by Crippen LogP contribution is -2.34. The van der Waals surface area contributed by atoms with Crippen LogP contribution in [0.1, 0.15) is 21.5 Å². The molecule has 2 aromatic carbocycles. The van der Waals surface area contributed by atoms with Gasteiger partial charge in [-0.3, -0.25) is 10.1 Å². The van der Waals surface area contributed by atoms with Gasteiger partial charge in [0.05, 0.1) is 0 Å². The van der Waals surface area contributed by atoms with Crippen molar-refractivity contribution in [2.75, 3.05) is 5.32 Å². The van der Waals surface area contributed by atoms with Gasteiger partial charge in [0.25, 0.3) is 5.91 Å². The first-order chi connectivity index (χ1) is 9.95. The molecule has 108 valence electrons. The minimum Gasteiger partial charge on any atom is -0.332 e. The Hall–Kier alpha value is -1.72. The molecule has 0 aromatic heterocycles. The Labute approximate surface area is 137 Å². The molecule has 21 heavy (non-hydrogen) atoms. The van der Waals surface area contributed by atoms with E-state index in [0.717, 1.165) is 21.3 Å². The van der Waals surface area contributed by atoms with Crippen LogP contribution in [0.15, 0.2) is 46.9 Å². The van der Waals surface area contributed by atoms with Crippen molar-refractivity contribution < 1.29 is 4.79 Å². The highest BCUT2D eigenvalue weighted by molar-refractivity contribution is 9.10. The molecule has 0 bridgehead atoms. The van der Waals surface area contributed by atoms with E-state index in [4.69, 9.17) is 12.2 Å². The number of amides is 1. The second kappa shape index (κ2) is 6.83. The zero-order valence-electron chi connectivity index (χ0n) is 11.7. The summed E-state index contributed by atoms with van der Waals surface area (Å²) >= 11 is 8.60. The van der Waals surface area contributed by atoms with Crippen molar-refractivity contribution in [3.05, 3.63) is 63.6 Å². The van der Waals surface area contributed by atoms with Crippen LogP contribution in [0.2, 0.25) is 0 Å². The molecule has 0 saturated heterocycles. The topological polar surface area (TPSA) is 41.1 Å². The van der Waals surface area contributed by atoms with E-state index in [1.807, 2.05) is 44.2 Å². The molecule has 2 N–H and O–H groups in total. The molecule has 2 aromatic rings. The lowest BCUT2D eigenvalue weighted by molar-refractivity contribution is 0.0978. The van der Waals surface area contributed by atoms with Gasteiger partial charge < -0.3 is 5.32 Å². The summed E-state index contributed by atoms with van der Waals surface area (Å²) in [6, 6.07) is 13.1. The normalized spacial score (nSPS) is 10.0. The van der Waals surface area contributed by atoms with Crippen molar-refractivity contribution in [1.29, 1.82) is 0 Å². The van der Waals surface area contributed by atoms with Gasteiger partial charge in [0.1, 0.15) is 0 Å². The largest absolute Gasteiger partial charge is 0.332 e. The lowest BCUT2D eigenvalue weighted by Gasteiger charge is -2.10. The summed E-state index contributed by atoms with van der Waals surface area (Å²) in [4.78, 5) is 12.0. The number of hydrogen-bond acceptors (Lipinski definition) is 2. The number of rotatable bonds is 2. The highest BCUT2D eigenvalue weighted by Crippen LogP contribution is 2.19. The Kier molecular flexibility index (Phi) is 5.09. The number of carbonyl (C=O) groups excluding carboxylic acids is 1. The van der Waals surface area contributed by atoms with Gasteiger partial charge in [0.2, 0.25) is 0 Å². The van der Waals surface area contributed by atoms with Gasteiger partial charge in [0, 0.05) is 15.7 Å². The van der Waals surface area contributed by atoms with E-state index in [-0.39, 0.29) is 11.0 Å². The molecule has 5 heteroatoms. The summed E-state index contributed by atoms with van der Waals surface area (Å²) in [5, 5.41) is 5.95. The van der Waals surface area contributed by atoms with Crippen LogP contribution < -0.4 is 10.6 Å². The monoisotopic (exact) mass is 362 g/mol. The molecule has 0 spiro atoms. The highest BCUT2D eigenvalue weighted by Gasteiger charge is 2.08. The van der Waals surface area contributed by atoms with E-state index < -0.39 is 0 Å². The summed E-state index contributed by atoms with van der Waals surface area (Å²) in [6.07, 6.45) is 0. The molecular formula is C16H15BrN2OS. The first-order valence-corrected chi connectivity index (χ1v) is 7.61. The van der Waals surface area contributed by atoms with Crippen LogP contribution in [0.25, 0.3) is 0 Å². The van der Waals surface area contributed by atoms with E-state index in [2.05, 4.69) is 26.6 Å². The zero-order chi connectivity index (χ0) is 15.4. The molecule has 0 atom stereocenters. The van der Waals surface area contributed by atoms with Gasteiger partial charge in [-0.25, -0.2) is 0 Å². The molecule has 0 unspecified atom stereocenters. The molecule has 2 rings (SSSR count).